The molecule has 2 atom stereocenters. The smallest absolute Gasteiger partial charge is 0.117 e. The van der Waals surface area contributed by atoms with E-state index >= 15 is 0 Å². The third kappa shape index (κ3) is 8.28. The van der Waals surface area contributed by atoms with Crippen LogP contribution in [0, 0.1) is 6.92 Å². The summed E-state index contributed by atoms with van der Waals surface area (Å²) < 4.78 is 34.8. The van der Waals surface area contributed by atoms with Crippen LogP contribution in [0.15, 0.2) is 158 Å². The molecule has 7 aromatic rings. The first kappa shape index (κ1) is 34.6. The van der Waals surface area contributed by atoms with Crippen molar-refractivity contribution in [2.24, 2.45) is 8.73 Å². The SMILES string of the molecule is C[S@](=O)(=Nc1ccc2nccc(Cl)c2c1)c1ccccc1.Cc1cc(O)cc(Nc2ccnc3ccc(N=[S@](C)(=O)c4ccccc4)cc23)c1. The van der Waals surface area contributed by atoms with Crippen LogP contribution >= 0.6 is 11.6 Å². The number of benzene rings is 5. The highest BCUT2D eigenvalue weighted by Gasteiger charge is 2.10. The minimum Gasteiger partial charge on any atom is -0.508 e. The van der Waals surface area contributed by atoms with E-state index in [1.165, 1.54) is 0 Å². The Morgan fingerprint density at radius 1 is 0.640 bits per heavy atom. The number of phenolic OH excluding ortho intramolecular Hbond substituents is 1. The van der Waals surface area contributed by atoms with E-state index in [0.717, 1.165) is 38.7 Å². The average molecular weight is 720 g/mol. The third-order valence-electron chi connectivity index (χ3n) is 7.66. The first-order chi connectivity index (χ1) is 24.0. The second kappa shape index (κ2) is 14.7. The lowest BCUT2D eigenvalue weighted by Gasteiger charge is -2.11. The third-order valence-corrected chi connectivity index (χ3v) is 11.4. The van der Waals surface area contributed by atoms with Crippen LogP contribution < -0.4 is 5.32 Å². The largest absolute Gasteiger partial charge is 0.508 e. The molecule has 0 saturated heterocycles. The molecule has 0 aliphatic carbocycles. The Morgan fingerprint density at radius 3 is 1.72 bits per heavy atom. The fourth-order valence-electron chi connectivity index (χ4n) is 5.30. The summed E-state index contributed by atoms with van der Waals surface area (Å²) in [5, 5.41) is 15.5. The topological polar surface area (TPSA) is 117 Å². The average Bonchev–Trinajstić information content (AvgIpc) is 3.09. The second-order valence-electron chi connectivity index (χ2n) is 11.7. The summed E-state index contributed by atoms with van der Waals surface area (Å²) in [7, 11) is -5.05. The molecule has 0 amide bonds. The Hall–Kier alpha value is -5.29. The summed E-state index contributed by atoms with van der Waals surface area (Å²) in [6.07, 6.45) is 6.67. The van der Waals surface area contributed by atoms with Gasteiger partial charge < -0.3 is 10.4 Å². The number of phenols is 1. The number of hydrogen-bond acceptors (Lipinski definition) is 8. The van der Waals surface area contributed by atoms with E-state index in [4.69, 9.17) is 11.6 Å². The normalized spacial score (nSPS) is 13.4. The predicted molar refractivity (Wildman–Crippen MR) is 206 cm³/mol. The minimum absolute atomic E-state index is 0.204. The van der Waals surface area contributed by atoms with Gasteiger partial charge in [0.05, 0.1) is 46.9 Å². The van der Waals surface area contributed by atoms with Crippen LogP contribution in [0.5, 0.6) is 5.75 Å². The number of aromatic nitrogens is 2. The van der Waals surface area contributed by atoms with Gasteiger partial charge >= 0.3 is 0 Å². The fourth-order valence-corrected chi connectivity index (χ4v) is 8.08. The van der Waals surface area contributed by atoms with E-state index in [9.17, 15) is 13.5 Å². The summed E-state index contributed by atoms with van der Waals surface area (Å²) in [5.41, 5.74) is 5.41. The number of nitrogens with one attached hydrogen (secondary N) is 1. The molecule has 2 aromatic heterocycles. The molecule has 0 unspecified atom stereocenters. The van der Waals surface area contributed by atoms with E-state index in [0.29, 0.717) is 26.2 Å². The molecule has 11 heteroatoms. The van der Waals surface area contributed by atoms with E-state index in [1.54, 1.807) is 49.2 Å². The van der Waals surface area contributed by atoms with Gasteiger partial charge in [-0.25, -0.2) is 8.42 Å². The van der Waals surface area contributed by atoms with Crippen molar-refractivity contribution in [3.8, 4) is 5.75 Å². The number of anilines is 2. The highest BCUT2D eigenvalue weighted by Crippen LogP contribution is 2.32. The second-order valence-corrected chi connectivity index (χ2v) is 16.6. The number of halogens is 1. The quantitative estimate of drug-likeness (QED) is 0.177. The highest BCUT2D eigenvalue weighted by molar-refractivity contribution is 7.93. The molecule has 0 aliphatic rings. The zero-order chi connectivity index (χ0) is 35.3. The van der Waals surface area contributed by atoms with Crippen LogP contribution in [0.2, 0.25) is 5.02 Å². The van der Waals surface area contributed by atoms with Gasteiger partial charge in [-0.05, 0) is 97.4 Å². The van der Waals surface area contributed by atoms with Crippen molar-refractivity contribution in [3.63, 3.8) is 0 Å². The molecular weight excluding hydrogens is 686 g/mol. The molecular formula is C39H34ClN5O3S2. The Kier molecular flexibility index (Phi) is 10.1. The van der Waals surface area contributed by atoms with Gasteiger partial charge in [0.1, 0.15) is 5.75 Å². The standard InChI is InChI=1S/C23H21N3O2S.C16H13ClN2OS/c1-16-12-18(14-19(27)13-16)25-23-10-11-24-22-9-8-17(15-21(22)23)26-29(2,28)20-6-4-3-5-7-20;1-21(20,13-5-3-2-4-6-13)19-12-7-8-16-14(11-12)15(17)9-10-18-16/h3-15,27H,1-2H3,(H,24,25);2-11H,1H3/t29-;21-/m11/s1. The van der Waals surface area contributed by atoms with Gasteiger partial charge in [0.15, 0.2) is 0 Å². The van der Waals surface area contributed by atoms with Gasteiger partial charge in [-0.1, -0.05) is 48.0 Å². The molecule has 7 rings (SSSR count). The number of rotatable bonds is 6. The molecule has 0 aliphatic heterocycles. The van der Waals surface area contributed by atoms with Gasteiger partial charge in [-0.15, -0.1) is 0 Å². The van der Waals surface area contributed by atoms with Crippen LogP contribution in [-0.4, -0.2) is 36.0 Å². The van der Waals surface area contributed by atoms with Gasteiger partial charge in [-0.3, -0.25) is 9.97 Å². The van der Waals surface area contributed by atoms with Crippen molar-refractivity contribution in [2.75, 3.05) is 17.8 Å². The Morgan fingerprint density at radius 2 is 1.16 bits per heavy atom. The van der Waals surface area contributed by atoms with Crippen LogP contribution in [0.3, 0.4) is 0 Å². The molecule has 252 valence electrons. The van der Waals surface area contributed by atoms with Gasteiger partial charge in [-0.2, -0.15) is 8.73 Å². The summed E-state index contributed by atoms with van der Waals surface area (Å²) >= 11 is 6.16. The van der Waals surface area contributed by atoms with Gasteiger partial charge in [0, 0.05) is 62.9 Å². The van der Waals surface area contributed by atoms with Crippen molar-refractivity contribution in [2.45, 2.75) is 16.7 Å². The van der Waals surface area contributed by atoms with Gasteiger partial charge in [0.2, 0.25) is 0 Å². The van der Waals surface area contributed by atoms with Crippen molar-refractivity contribution in [1.82, 2.24) is 9.97 Å². The molecule has 50 heavy (non-hydrogen) atoms. The van der Waals surface area contributed by atoms with Crippen LogP contribution in [0.4, 0.5) is 22.7 Å². The maximum absolute atomic E-state index is 13.1. The molecule has 0 saturated carbocycles. The molecule has 2 N–H and O–H groups in total. The maximum Gasteiger partial charge on any atom is 0.117 e. The van der Waals surface area contributed by atoms with E-state index < -0.39 is 19.5 Å². The van der Waals surface area contributed by atoms with Crippen LogP contribution in [0.25, 0.3) is 21.8 Å². The molecule has 0 radical (unpaired) electrons. The summed E-state index contributed by atoms with van der Waals surface area (Å²) in [4.78, 5) is 10.1. The predicted octanol–water partition coefficient (Wildman–Crippen LogP) is 10.5. The molecule has 8 nitrogen and oxygen atoms in total. The van der Waals surface area contributed by atoms with Crippen molar-refractivity contribution < 1.29 is 13.5 Å². The van der Waals surface area contributed by atoms with Crippen molar-refractivity contribution in [1.29, 1.82) is 0 Å². The first-order valence-electron chi connectivity index (χ1n) is 15.5. The molecule has 0 bridgehead atoms. The number of aromatic hydroxyl groups is 1. The number of hydrogen-bond donors (Lipinski definition) is 2. The number of nitrogens with zero attached hydrogens (tertiary/aromatic N) is 4. The number of pyridine rings is 2. The molecule has 2 heterocycles. The highest BCUT2D eigenvalue weighted by atomic mass is 35.5. The minimum atomic E-state index is -2.56. The zero-order valence-corrected chi connectivity index (χ0v) is 29.9. The van der Waals surface area contributed by atoms with E-state index in [-0.39, 0.29) is 5.75 Å². The lowest BCUT2D eigenvalue weighted by Crippen LogP contribution is -1.96. The first-order valence-corrected chi connectivity index (χ1v) is 19.7. The fraction of sp³-hybridized carbons (Fsp3) is 0.0769. The van der Waals surface area contributed by atoms with Crippen LogP contribution in [-0.2, 0) is 19.5 Å². The summed E-state index contributed by atoms with van der Waals surface area (Å²) in [6, 6.07) is 38.4. The van der Waals surface area contributed by atoms with E-state index in [1.807, 2.05) is 110 Å². The monoisotopic (exact) mass is 719 g/mol. The lowest BCUT2D eigenvalue weighted by molar-refractivity contribution is 0.475. The van der Waals surface area contributed by atoms with Gasteiger partial charge in [0.25, 0.3) is 0 Å². The van der Waals surface area contributed by atoms with E-state index in [2.05, 4.69) is 24.0 Å². The summed E-state index contributed by atoms with van der Waals surface area (Å²) in [6.45, 7) is 1.92. The molecule has 0 spiro atoms. The zero-order valence-electron chi connectivity index (χ0n) is 27.5. The molecule has 5 aromatic carbocycles. The summed E-state index contributed by atoms with van der Waals surface area (Å²) in [5.74, 6) is 0.204. The van der Waals surface area contributed by atoms with Crippen molar-refractivity contribution >= 4 is 75.6 Å². The Balaban J connectivity index is 0.000000182. The van der Waals surface area contributed by atoms with Crippen molar-refractivity contribution in [3.05, 3.63) is 150 Å². The maximum atomic E-state index is 13.1. The lowest BCUT2D eigenvalue weighted by atomic mass is 10.1. The number of aryl methyl sites for hydroxylation is 1. The number of fused-ring (bicyclic) bond motifs is 2. The Bertz CT molecular complexity index is 2560. The van der Waals surface area contributed by atoms with Crippen LogP contribution in [0.1, 0.15) is 5.56 Å². The molecule has 0 fully saturated rings. The Labute approximate surface area is 297 Å².